The average Bonchev–Trinajstić information content (AvgIpc) is 2.37. The first-order valence-electron chi connectivity index (χ1n) is 5.50. The van der Waals surface area contributed by atoms with Crippen molar-refractivity contribution in [3.05, 3.63) is 62.8 Å². The maximum atomic E-state index is 13.5. The van der Waals surface area contributed by atoms with Crippen LogP contribution in [-0.4, -0.2) is 5.91 Å². The Balaban J connectivity index is 2.25. The van der Waals surface area contributed by atoms with Gasteiger partial charge in [-0.15, -0.1) is 0 Å². The highest BCUT2D eigenvalue weighted by Crippen LogP contribution is 2.21. The molecule has 0 aliphatic carbocycles. The lowest BCUT2D eigenvalue weighted by atomic mass is 10.1. The molecular weight excluding hydrogens is 333 g/mol. The number of carbonyl (C=O) groups is 1. The van der Waals surface area contributed by atoms with E-state index in [1.165, 1.54) is 18.2 Å². The van der Waals surface area contributed by atoms with Crippen LogP contribution in [0.4, 0.5) is 10.1 Å². The van der Waals surface area contributed by atoms with Crippen molar-refractivity contribution in [1.82, 2.24) is 0 Å². The van der Waals surface area contributed by atoms with Crippen molar-refractivity contribution in [3.8, 4) is 0 Å². The molecule has 0 fully saturated rings. The van der Waals surface area contributed by atoms with Crippen molar-refractivity contribution in [2.45, 2.75) is 6.92 Å². The summed E-state index contributed by atoms with van der Waals surface area (Å²) in [5.74, 6) is -0.900. The Hall–Kier alpha value is -1.39. The van der Waals surface area contributed by atoms with Crippen LogP contribution < -0.4 is 5.32 Å². The molecular formula is C14H10BrClFNO. The molecule has 0 spiro atoms. The van der Waals surface area contributed by atoms with Crippen molar-refractivity contribution >= 4 is 39.1 Å². The van der Waals surface area contributed by atoms with Gasteiger partial charge in [-0.05, 0) is 48.9 Å². The molecule has 1 amide bonds. The van der Waals surface area contributed by atoms with E-state index in [0.29, 0.717) is 10.6 Å². The van der Waals surface area contributed by atoms with Crippen molar-refractivity contribution in [2.75, 3.05) is 5.32 Å². The smallest absolute Gasteiger partial charge is 0.255 e. The summed E-state index contributed by atoms with van der Waals surface area (Å²) in [6, 6.07) is 9.18. The number of carbonyl (C=O) groups excluding carboxylic acids is 1. The summed E-state index contributed by atoms with van der Waals surface area (Å²) in [4.78, 5) is 12.0. The van der Waals surface area contributed by atoms with Crippen molar-refractivity contribution in [3.63, 3.8) is 0 Å². The number of halogens is 3. The SMILES string of the molecule is Cc1cc(C(=O)Nc2cc(Cl)ccc2F)ccc1Br. The molecule has 0 aliphatic rings. The minimum Gasteiger partial charge on any atom is -0.319 e. The van der Waals surface area contributed by atoms with E-state index in [0.717, 1.165) is 10.0 Å². The van der Waals surface area contributed by atoms with Crippen LogP contribution in [0.15, 0.2) is 40.9 Å². The van der Waals surface area contributed by atoms with Gasteiger partial charge in [0.1, 0.15) is 5.82 Å². The molecule has 2 nitrogen and oxygen atoms in total. The lowest BCUT2D eigenvalue weighted by Crippen LogP contribution is -2.13. The summed E-state index contributed by atoms with van der Waals surface area (Å²) < 4.78 is 14.4. The van der Waals surface area contributed by atoms with E-state index in [4.69, 9.17) is 11.6 Å². The van der Waals surface area contributed by atoms with E-state index in [9.17, 15) is 9.18 Å². The molecule has 0 bridgehead atoms. The van der Waals surface area contributed by atoms with Gasteiger partial charge in [0.05, 0.1) is 5.69 Å². The maximum absolute atomic E-state index is 13.5. The zero-order valence-electron chi connectivity index (χ0n) is 10.0. The normalized spacial score (nSPS) is 10.3. The van der Waals surface area contributed by atoms with E-state index in [1.54, 1.807) is 18.2 Å². The third-order valence-corrected chi connectivity index (χ3v) is 3.72. The van der Waals surface area contributed by atoms with Crippen LogP contribution in [-0.2, 0) is 0 Å². The van der Waals surface area contributed by atoms with Crippen LogP contribution in [0.5, 0.6) is 0 Å². The number of rotatable bonds is 2. The van der Waals surface area contributed by atoms with E-state index in [1.807, 2.05) is 6.92 Å². The molecule has 0 saturated carbocycles. The predicted molar refractivity (Wildman–Crippen MR) is 78.2 cm³/mol. The molecule has 98 valence electrons. The fourth-order valence-electron chi connectivity index (χ4n) is 1.57. The zero-order valence-corrected chi connectivity index (χ0v) is 12.3. The van der Waals surface area contributed by atoms with Crippen molar-refractivity contribution in [2.24, 2.45) is 0 Å². The summed E-state index contributed by atoms with van der Waals surface area (Å²) >= 11 is 9.13. The minimum absolute atomic E-state index is 0.0677. The molecule has 5 heteroatoms. The lowest BCUT2D eigenvalue weighted by molar-refractivity contribution is 0.102. The molecule has 2 aromatic rings. The van der Waals surface area contributed by atoms with Gasteiger partial charge in [-0.3, -0.25) is 4.79 Å². The molecule has 0 heterocycles. The Morgan fingerprint density at radius 2 is 2.00 bits per heavy atom. The second-order valence-corrected chi connectivity index (χ2v) is 5.33. The highest BCUT2D eigenvalue weighted by atomic mass is 79.9. The van der Waals surface area contributed by atoms with Gasteiger partial charge in [-0.2, -0.15) is 0 Å². The van der Waals surface area contributed by atoms with Gasteiger partial charge in [-0.25, -0.2) is 4.39 Å². The number of aryl methyl sites for hydroxylation is 1. The number of anilines is 1. The number of nitrogens with one attached hydrogen (secondary N) is 1. The molecule has 0 aliphatic heterocycles. The molecule has 2 aromatic carbocycles. The van der Waals surface area contributed by atoms with E-state index >= 15 is 0 Å². The van der Waals surface area contributed by atoms with Crippen molar-refractivity contribution < 1.29 is 9.18 Å². The van der Waals surface area contributed by atoms with Crippen LogP contribution in [0.1, 0.15) is 15.9 Å². The van der Waals surface area contributed by atoms with Gasteiger partial charge >= 0.3 is 0 Å². The number of benzene rings is 2. The van der Waals surface area contributed by atoms with Crippen LogP contribution in [0.2, 0.25) is 5.02 Å². The Labute approximate surface area is 123 Å². The molecule has 0 aromatic heterocycles. The average molecular weight is 343 g/mol. The molecule has 1 N–H and O–H groups in total. The Morgan fingerprint density at radius 3 is 2.68 bits per heavy atom. The van der Waals surface area contributed by atoms with Gasteiger partial charge in [0.15, 0.2) is 0 Å². The summed E-state index contributed by atoms with van der Waals surface area (Å²) in [7, 11) is 0. The van der Waals surface area contributed by atoms with Gasteiger partial charge < -0.3 is 5.32 Å². The third kappa shape index (κ3) is 3.33. The Bertz CT molecular complexity index is 645. The summed E-state index contributed by atoms with van der Waals surface area (Å²) in [6.45, 7) is 1.88. The largest absolute Gasteiger partial charge is 0.319 e. The molecule has 0 unspecified atom stereocenters. The minimum atomic E-state index is -0.522. The fourth-order valence-corrected chi connectivity index (χ4v) is 1.99. The van der Waals surface area contributed by atoms with Crippen LogP contribution in [0.25, 0.3) is 0 Å². The molecule has 0 radical (unpaired) electrons. The topological polar surface area (TPSA) is 29.1 Å². The number of hydrogen-bond acceptors (Lipinski definition) is 1. The molecule has 0 saturated heterocycles. The number of hydrogen-bond donors (Lipinski definition) is 1. The van der Waals surface area contributed by atoms with Gasteiger partial charge in [0.25, 0.3) is 5.91 Å². The summed E-state index contributed by atoms with van der Waals surface area (Å²) in [5.41, 5.74) is 1.46. The highest BCUT2D eigenvalue weighted by Gasteiger charge is 2.10. The highest BCUT2D eigenvalue weighted by molar-refractivity contribution is 9.10. The zero-order chi connectivity index (χ0) is 14.0. The van der Waals surface area contributed by atoms with Gasteiger partial charge in [0.2, 0.25) is 0 Å². The second kappa shape index (κ2) is 5.72. The van der Waals surface area contributed by atoms with Crippen LogP contribution >= 0.6 is 27.5 Å². The lowest BCUT2D eigenvalue weighted by Gasteiger charge is -2.08. The van der Waals surface area contributed by atoms with E-state index < -0.39 is 5.82 Å². The molecule has 0 atom stereocenters. The first-order chi connectivity index (χ1) is 8.97. The Kier molecular flexibility index (Phi) is 4.22. The monoisotopic (exact) mass is 341 g/mol. The fraction of sp³-hybridized carbons (Fsp3) is 0.0714. The van der Waals surface area contributed by atoms with E-state index in [-0.39, 0.29) is 11.6 Å². The standard InChI is InChI=1S/C14H10BrClFNO/c1-8-6-9(2-4-11(8)15)14(19)18-13-7-10(16)3-5-12(13)17/h2-7H,1H3,(H,18,19). The van der Waals surface area contributed by atoms with Gasteiger partial charge in [-0.1, -0.05) is 27.5 Å². The van der Waals surface area contributed by atoms with Gasteiger partial charge in [0, 0.05) is 15.1 Å². The number of amides is 1. The van der Waals surface area contributed by atoms with Crippen LogP contribution in [0.3, 0.4) is 0 Å². The Morgan fingerprint density at radius 1 is 1.26 bits per heavy atom. The molecule has 19 heavy (non-hydrogen) atoms. The molecule has 2 rings (SSSR count). The second-order valence-electron chi connectivity index (χ2n) is 4.04. The van der Waals surface area contributed by atoms with E-state index in [2.05, 4.69) is 21.2 Å². The maximum Gasteiger partial charge on any atom is 0.255 e. The quantitative estimate of drug-likeness (QED) is 0.834. The first kappa shape index (κ1) is 14.0. The first-order valence-corrected chi connectivity index (χ1v) is 6.67. The van der Waals surface area contributed by atoms with Crippen LogP contribution in [0, 0.1) is 12.7 Å². The van der Waals surface area contributed by atoms with Crippen molar-refractivity contribution in [1.29, 1.82) is 0 Å². The summed E-state index contributed by atoms with van der Waals surface area (Å²) in [6.07, 6.45) is 0. The third-order valence-electron chi connectivity index (χ3n) is 2.60. The predicted octanol–water partition coefficient (Wildman–Crippen LogP) is 4.80. The summed E-state index contributed by atoms with van der Waals surface area (Å²) in [5, 5.41) is 2.86.